The molecule has 0 unspecified atom stereocenters. The summed E-state index contributed by atoms with van der Waals surface area (Å²) in [6, 6.07) is 0. The Labute approximate surface area is 109 Å². The van der Waals surface area contributed by atoms with Crippen molar-refractivity contribution in [2.45, 2.75) is 20.3 Å². The molecule has 0 aromatic carbocycles. The van der Waals surface area contributed by atoms with Gasteiger partial charge in [0.1, 0.15) is 5.01 Å². The maximum Gasteiger partial charge on any atom is 0.357 e. The first-order chi connectivity index (χ1) is 8.67. The molecule has 6 heteroatoms. The van der Waals surface area contributed by atoms with Crippen molar-refractivity contribution in [3.05, 3.63) is 22.2 Å². The second kappa shape index (κ2) is 7.60. The van der Waals surface area contributed by atoms with E-state index in [1.54, 1.807) is 31.4 Å². The van der Waals surface area contributed by atoms with Gasteiger partial charge in [0.25, 0.3) is 0 Å². The Kier molecular flexibility index (Phi) is 6.07. The van der Waals surface area contributed by atoms with Crippen molar-refractivity contribution in [3.8, 4) is 0 Å². The van der Waals surface area contributed by atoms with Crippen molar-refractivity contribution in [3.63, 3.8) is 0 Å². The Morgan fingerprint density at radius 3 is 2.72 bits per heavy atom. The first-order valence-corrected chi connectivity index (χ1v) is 6.50. The Bertz CT molecular complexity index is 439. The van der Waals surface area contributed by atoms with Crippen molar-refractivity contribution in [1.82, 2.24) is 4.98 Å². The molecule has 0 spiro atoms. The zero-order valence-corrected chi connectivity index (χ0v) is 11.2. The van der Waals surface area contributed by atoms with Crippen LogP contribution in [0.5, 0.6) is 0 Å². The summed E-state index contributed by atoms with van der Waals surface area (Å²) >= 11 is 1.32. The molecule has 0 radical (unpaired) electrons. The van der Waals surface area contributed by atoms with Gasteiger partial charge >= 0.3 is 11.9 Å². The van der Waals surface area contributed by atoms with Crippen LogP contribution in [0.25, 0.3) is 6.08 Å². The second-order valence-corrected chi connectivity index (χ2v) is 4.09. The first kappa shape index (κ1) is 14.4. The molecule has 0 fully saturated rings. The van der Waals surface area contributed by atoms with Crippen LogP contribution in [-0.2, 0) is 14.3 Å². The van der Waals surface area contributed by atoms with E-state index < -0.39 is 5.97 Å². The molecule has 0 aliphatic rings. The summed E-state index contributed by atoms with van der Waals surface area (Å²) < 4.78 is 9.60. The summed E-state index contributed by atoms with van der Waals surface area (Å²) in [7, 11) is 0. The van der Waals surface area contributed by atoms with E-state index in [-0.39, 0.29) is 18.1 Å². The van der Waals surface area contributed by atoms with Crippen LogP contribution in [0.4, 0.5) is 0 Å². The number of carbonyl (C=O) groups excluding carboxylic acids is 2. The quantitative estimate of drug-likeness (QED) is 0.741. The molecule has 1 aromatic heterocycles. The fourth-order valence-electron chi connectivity index (χ4n) is 1.14. The number of aromatic nitrogens is 1. The van der Waals surface area contributed by atoms with Crippen molar-refractivity contribution in [2.24, 2.45) is 0 Å². The molecule has 18 heavy (non-hydrogen) atoms. The average molecular weight is 269 g/mol. The van der Waals surface area contributed by atoms with Gasteiger partial charge in [-0.1, -0.05) is 6.08 Å². The highest BCUT2D eigenvalue weighted by molar-refractivity contribution is 7.10. The number of carbonyl (C=O) groups is 2. The summed E-state index contributed by atoms with van der Waals surface area (Å²) in [4.78, 5) is 26.5. The molecule has 98 valence electrons. The lowest BCUT2D eigenvalue weighted by Crippen LogP contribution is -2.04. The van der Waals surface area contributed by atoms with Crippen LogP contribution < -0.4 is 0 Å². The monoisotopic (exact) mass is 269 g/mol. The van der Waals surface area contributed by atoms with E-state index in [1.165, 1.54) is 11.3 Å². The zero-order valence-electron chi connectivity index (χ0n) is 10.3. The molecule has 0 bridgehead atoms. The molecule has 0 aliphatic carbocycles. The van der Waals surface area contributed by atoms with Gasteiger partial charge in [-0.05, 0) is 19.9 Å². The minimum atomic E-state index is -0.432. The van der Waals surface area contributed by atoms with Gasteiger partial charge in [-0.25, -0.2) is 9.78 Å². The molecule has 0 saturated heterocycles. The molecule has 5 nitrogen and oxygen atoms in total. The molecule has 1 rings (SSSR count). The van der Waals surface area contributed by atoms with Gasteiger partial charge in [0.2, 0.25) is 0 Å². The zero-order chi connectivity index (χ0) is 13.4. The summed E-state index contributed by atoms with van der Waals surface area (Å²) in [5.41, 5.74) is 0.289. The number of nitrogens with zero attached hydrogens (tertiary/aromatic N) is 1. The normalized spacial score (nSPS) is 10.6. The van der Waals surface area contributed by atoms with Crippen molar-refractivity contribution in [1.29, 1.82) is 0 Å². The van der Waals surface area contributed by atoms with Gasteiger partial charge in [0.15, 0.2) is 5.69 Å². The highest BCUT2D eigenvalue weighted by Crippen LogP contribution is 2.12. The standard InChI is InChI=1S/C12H15NO4S/c1-3-16-11(14)7-5-6-10-13-9(8-18-10)12(15)17-4-2/h5-6,8H,3-4,7H2,1-2H3. The van der Waals surface area contributed by atoms with E-state index in [1.807, 2.05) is 0 Å². The van der Waals surface area contributed by atoms with Crippen molar-refractivity contribution in [2.75, 3.05) is 13.2 Å². The van der Waals surface area contributed by atoms with E-state index in [9.17, 15) is 9.59 Å². The van der Waals surface area contributed by atoms with E-state index in [0.29, 0.717) is 18.2 Å². The highest BCUT2D eigenvalue weighted by Gasteiger charge is 2.09. The summed E-state index contributed by atoms with van der Waals surface area (Å²) in [6.07, 6.45) is 3.54. The molecule has 0 atom stereocenters. The smallest absolute Gasteiger partial charge is 0.357 e. The number of hydrogen-bond donors (Lipinski definition) is 0. The first-order valence-electron chi connectivity index (χ1n) is 5.62. The maximum absolute atomic E-state index is 11.3. The van der Waals surface area contributed by atoms with E-state index in [0.717, 1.165) is 0 Å². The largest absolute Gasteiger partial charge is 0.466 e. The Morgan fingerprint density at radius 1 is 1.33 bits per heavy atom. The Morgan fingerprint density at radius 2 is 2.06 bits per heavy atom. The topological polar surface area (TPSA) is 65.5 Å². The highest BCUT2D eigenvalue weighted by atomic mass is 32.1. The Hall–Kier alpha value is -1.69. The minimum Gasteiger partial charge on any atom is -0.466 e. The summed E-state index contributed by atoms with van der Waals surface area (Å²) in [6.45, 7) is 4.19. The number of thiazole rings is 1. The third-order valence-corrected chi connectivity index (χ3v) is 2.67. The number of rotatable bonds is 6. The number of ether oxygens (including phenoxy) is 2. The van der Waals surface area contributed by atoms with Crippen LogP contribution in [0.2, 0.25) is 0 Å². The third-order valence-electron chi connectivity index (χ3n) is 1.86. The van der Waals surface area contributed by atoms with E-state index in [2.05, 4.69) is 4.98 Å². The fraction of sp³-hybridized carbons (Fsp3) is 0.417. The van der Waals surface area contributed by atoms with E-state index in [4.69, 9.17) is 9.47 Å². The van der Waals surface area contributed by atoms with Gasteiger partial charge in [-0.2, -0.15) is 0 Å². The summed E-state index contributed by atoms with van der Waals surface area (Å²) in [5.74, 6) is -0.713. The minimum absolute atomic E-state index is 0.197. The van der Waals surface area contributed by atoms with Crippen LogP contribution in [0.3, 0.4) is 0 Å². The molecular formula is C12H15NO4S. The van der Waals surface area contributed by atoms with Gasteiger partial charge in [0, 0.05) is 5.38 Å². The van der Waals surface area contributed by atoms with Crippen molar-refractivity contribution >= 4 is 29.4 Å². The van der Waals surface area contributed by atoms with Crippen LogP contribution in [0.1, 0.15) is 35.8 Å². The summed E-state index contributed by atoms with van der Waals surface area (Å²) in [5, 5.41) is 2.28. The lowest BCUT2D eigenvalue weighted by molar-refractivity contribution is -0.142. The Balaban J connectivity index is 2.51. The van der Waals surface area contributed by atoms with Crippen LogP contribution in [0.15, 0.2) is 11.5 Å². The predicted molar refractivity (Wildman–Crippen MR) is 68.4 cm³/mol. The second-order valence-electron chi connectivity index (χ2n) is 3.20. The molecule has 0 aliphatic heterocycles. The maximum atomic E-state index is 11.3. The molecular weight excluding hydrogens is 254 g/mol. The lowest BCUT2D eigenvalue weighted by atomic mass is 10.4. The molecule has 0 saturated carbocycles. The molecule has 0 amide bonds. The van der Waals surface area contributed by atoms with Gasteiger partial charge in [-0.15, -0.1) is 11.3 Å². The van der Waals surface area contributed by atoms with E-state index >= 15 is 0 Å². The third kappa shape index (κ3) is 4.67. The van der Waals surface area contributed by atoms with Crippen LogP contribution >= 0.6 is 11.3 Å². The molecule has 1 aromatic rings. The fourth-order valence-corrected chi connectivity index (χ4v) is 1.85. The van der Waals surface area contributed by atoms with Crippen LogP contribution in [0, 0.1) is 0 Å². The lowest BCUT2D eigenvalue weighted by Gasteiger charge is -1.96. The van der Waals surface area contributed by atoms with Crippen LogP contribution in [-0.4, -0.2) is 30.1 Å². The average Bonchev–Trinajstić information content (AvgIpc) is 2.78. The number of esters is 2. The molecule has 0 N–H and O–H groups in total. The van der Waals surface area contributed by atoms with Crippen molar-refractivity contribution < 1.29 is 19.1 Å². The number of hydrogen-bond acceptors (Lipinski definition) is 6. The SMILES string of the molecule is CCOC(=O)CC=Cc1nc(C(=O)OCC)cs1. The predicted octanol–water partition coefficient (Wildman–Crippen LogP) is 2.29. The van der Waals surface area contributed by atoms with Gasteiger partial charge < -0.3 is 9.47 Å². The molecule has 1 heterocycles. The van der Waals surface area contributed by atoms with Gasteiger partial charge in [-0.3, -0.25) is 4.79 Å². The van der Waals surface area contributed by atoms with Gasteiger partial charge in [0.05, 0.1) is 19.6 Å².